The molecule has 2 aliphatic heterocycles. The van der Waals surface area contributed by atoms with E-state index in [9.17, 15) is 15.0 Å². The molecule has 2 aliphatic rings. The second-order valence-electron chi connectivity index (χ2n) is 8.90. The zero-order valence-electron chi connectivity index (χ0n) is 20.2. The highest BCUT2D eigenvalue weighted by molar-refractivity contribution is 6.35. The predicted octanol–water partition coefficient (Wildman–Crippen LogP) is 2.27. The molecule has 2 atom stereocenters. The predicted molar refractivity (Wildman–Crippen MR) is 135 cm³/mol. The number of ether oxygens (including phenoxy) is 1. The van der Waals surface area contributed by atoms with Crippen molar-refractivity contribution in [2.45, 2.75) is 19.0 Å². The van der Waals surface area contributed by atoms with Crippen LogP contribution in [0, 0.1) is 0 Å². The van der Waals surface area contributed by atoms with Crippen molar-refractivity contribution in [1.29, 1.82) is 0 Å². The van der Waals surface area contributed by atoms with E-state index in [-0.39, 0.29) is 5.78 Å². The molecule has 0 bridgehead atoms. The first-order valence-electron chi connectivity index (χ1n) is 11.9. The summed E-state index contributed by atoms with van der Waals surface area (Å²) in [5.41, 5.74) is 0.975. The first-order valence-corrected chi connectivity index (χ1v) is 12.3. The summed E-state index contributed by atoms with van der Waals surface area (Å²) in [4.78, 5) is 20.8. The van der Waals surface area contributed by atoms with Crippen LogP contribution in [0.2, 0.25) is 5.02 Å². The van der Waals surface area contributed by atoms with Gasteiger partial charge in [0.25, 0.3) is 0 Å². The molecule has 0 spiro atoms. The number of likely N-dealkylation sites (N-methyl/N-ethyl adjacent to an activating group) is 1. The van der Waals surface area contributed by atoms with Crippen LogP contribution in [0.25, 0.3) is 0 Å². The van der Waals surface area contributed by atoms with Crippen LogP contribution in [0.15, 0.2) is 60.4 Å². The summed E-state index contributed by atoms with van der Waals surface area (Å²) in [6.45, 7) is 4.79. The number of aliphatic hydroxyl groups is 2. The number of carbonyl (C=O) groups is 1. The molecule has 0 saturated carbocycles. The van der Waals surface area contributed by atoms with Gasteiger partial charge in [-0.2, -0.15) is 0 Å². The highest BCUT2D eigenvalue weighted by Gasteiger charge is 2.32. The Morgan fingerprint density at radius 1 is 1.00 bits per heavy atom. The molecule has 4 rings (SSSR count). The van der Waals surface area contributed by atoms with E-state index in [1.165, 1.54) is 4.90 Å². The molecule has 2 unspecified atom stereocenters. The smallest absolute Gasteiger partial charge is 0.198 e. The molecule has 2 N–H and O–H groups in total. The summed E-state index contributed by atoms with van der Waals surface area (Å²) >= 11 is 6.22. The number of ketones is 1. The van der Waals surface area contributed by atoms with E-state index in [2.05, 4.69) is 9.80 Å². The number of piperazine rings is 1. The van der Waals surface area contributed by atoms with E-state index in [1.54, 1.807) is 48.4 Å². The molecular weight excluding hydrogens is 468 g/mol. The second kappa shape index (κ2) is 11.4. The molecule has 2 heterocycles. The minimum absolute atomic E-state index is 0.147. The molecule has 0 radical (unpaired) electrons. The summed E-state index contributed by atoms with van der Waals surface area (Å²) in [5.74, 6) is 1.27. The van der Waals surface area contributed by atoms with Crippen LogP contribution in [-0.2, 0) is 0 Å². The van der Waals surface area contributed by atoms with Crippen LogP contribution in [0.3, 0.4) is 0 Å². The van der Waals surface area contributed by atoms with Crippen molar-refractivity contribution in [2.24, 2.45) is 0 Å². The van der Waals surface area contributed by atoms with E-state index >= 15 is 0 Å². The van der Waals surface area contributed by atoms with Crippen LogP contribution < -0.4 is 4.74 Å². The van der Waals surface area contributed by atoms with Gasteiger partial charge in [0.15, 0.2) is 12.1 Å². The van der Waals surface area contributed by atoms with Crippen molar-refractivity contribution in [2.75, 3.05) is 53.4 Å². The lowest BCUT2D eigenvalue weighted by Crippen LogP contribution is -2.57. The zero-order valence-corrected chi connectivity index (χ0v) is 20.9. The normalized spacial score (nSPS) is 21.7. The van der Waals surface area contributed by atoms with Crippen LogP contribution in [0.5, 0.6) is 5.75 Å². The van der Waals surface area contributed by atoms with E-state index in [0.717, 1.165) is 45.0 Å². The summed E-state index contributed by atoms with van der Waals surface area (Å²) in [7, 11) is 3.52. The molecule has 35 heavy (non-hydrogen) atoms. The van der Waals surface area contributed by atoms with Gasteiger partial charge in [0.05, 0.1) is 17.2 Å². The maximum Gasteiger partial charge on any atom is 0.198 e. The van der Waals surface area contributed by atoms with Gasteiger partial charge in [-0.15, -0.1) is 0 Å². The van der Waals surface area contributed by atoms with Crippen LogP contribution >= 0.6 is 11.6 Å². The topological polar surface area (TPSA) is 79.7 Å². The molecule has 1 fully saturated rings. The lowest BCUT2D eigenvalue weighted by atomic mass is 10.0. The average molecular weight is 501 g/mol. The fourth-order valence-corrected chi connectivity index (χ4v) is 4.69. The summed E-state index contributed by atoms with van der Waals surface area (Å²) in [6.07, 6.45) is 0.948. The molecular formula is C26H33ClN4O4. The fourth-order valence-electron chi connectivity index (χ4n) is 4.47. The Bertz CT molecular complexity index is 1060. The van der Waals surface area contributed by atoms with E-state index in [0.29, 0.717) is 28.5 Å². The lowest BCUT2D eigenvalue weighted by molar-refractivity contribution is -0.150. The van der Waals surface area contributed by atoms with Gasteiger partial charge in [-0.1, -0.05) is 35.9 Å². The number of halogens is 1. The number of rotatable bonds is 8. The third kappa shape index (κ3) is 5.79. The number of carbonyl (C=O) groups excluding carboxylic acids is 1. The monoisotopic (exact) mass is 500 g/mol. The number of benzene rings is 2. The number of nitrogens with zero attached hydrogens (tertiary/aromatic N) is 4. The fraction of sp³-hybridized carbons (Fsp3) is 0.423. The third-order valence-corrected chi connectivity index (χ3v) is 6.94. The largest absolute Gasteiger partial charge is 0.493 e. The van der Waals surface area contributed by atoms with Crippen LogP contribution in [0.4, 0.5) is 0 Å². The van der Waals surface area contributed by atoms with E-state index < -0.39 is 12.6 Å². The number of hydrogen-bond acceptors (Lipinski definition) is 8. The maximum atomic E-state index is 13.0. The Balaban J connectivity index is 1.26. The molecule has 0 aliphatic carbocycles. The first-order chi connectivity index (χ1) is 16.9. The van der Waals surface area contributed by atoms with Crippen LogP contribution in [-0.4, -0.2) is 102 Å². The van der Waals surface area contributed by atoms with Gasteiger partial charge in [0.2, 0.25) is 0 Å². The molecule has 2 aromatic carbocycles. The van der Waals surface area contributed by atoms with Crippen molar-refractivity contribution in [1.82, 2.24) is 19.6 Å². The van der Waals surface area contributed by atoms with Gasteiger partial charge in [0.1, 0.15) is 17.8 Å². The quantitative estimate of drug-likeness (QED) is 0.422. The first kappa shape index (κ1) is 25.5. The number of aliphatic hydroxyl groups excluding tert-OH is 2. The van der Waals surface area contributed by atoms with Gasteiger partial charge in [-0.3, -0.25) is 9.69 Å². The Morgan fingerprint density at radius 3 is 2.37 bits per heavy atom. The van der Waals surface area contributed by atoms with Gasteiger partial charge in [0, 0.05) is 45.3 Å². The summed E-state index contributed by atoms with van der Waals surface area (Å²) in [6, 6.07) is 14.3. The van der Waals surface area contributed by atoms with Gasteiger partial charge < -0.3 is 24.7 Å². The van der Waals surface area contributed by atoms with Crippen molar-refractivity contribution in [3.8, 4) is 5.75 Å². The lowest BCUT2D eigenvalue weighted by Gasteiger charge is -2.46. The molecule has 0 aromatic heterocycles. The van der Waals surface area contributed by atoms with E-state index in [4.69, 9.17) is 16.3 Å². The Hall–Kier alpha value is -2.62. The minimum atomic E-state index is -0.854. The molecule has 2 aromatic rings. The van der Waals surface area contributed by atoms with Crippen molar-refractivity contribution in [3.63, 3.8) is 0 Å². The van der Waals surface area contributed by atoms with Crippen molar-refractivity contribution in [3.05, 3.63) is 76.6 Å². The average Bonchev–Trinajstić information content (AvgIpc) is 2.88. The Labute approximate surface area is 211 Å². The SMILES string of the molecule is CN1C(N2CCN(CCCOc3ccccc3C(=O)c3ccccc3Cl)CC2)=CC(O)N(C)C1O. The van der Waals surface area contributed by atoms with Crippen molar-refractivity contribution < 1.29 is 19.7 Å². The molecule has 188 valence electrons. The summed E-state index contributed by atoms with van der Waals surface area (Å²) < 4.78 is 6.00. The zero-order chi connectivity index (χ0) is 24.9. The van der Waals surface area contributed by atoms with Gasteiger partial charge >= 0.3 is 0 Å². The van der Waals surface area contributed by atoms with E-state index in [1.807, 2.05) is 25.2 Å². The molecule has 1 saturated heterocycles. The minimum Gasteiger partial charge on any atom is -0.493 e. The number of hydrogen-bond donors (Lipinski definition) is 2. The van der Waals surface area contributed by atoms with Gasteiger partial charge in [-0.25, -0.2) is 4.90 Å². The summed E-state index contributed by atoms with van der Waals surface area (Å²) in [5, 5.41) is 20.9. The Kier molecular flexibility index (Phi) is 8.30. The maximum absolute atomic E-state index is 13.0. The third-order valence-electron chi connectivity index (χ3n) is 6.61. The van der Waals surface area contributed by atoms with Crippen molar-refractivity contribution >= 4 is 17.4 Å². The van der Waals surface area contributed by atoms with Gasteiger partial charge in [-0.05, 0) is 43.8 Å². The van der Waals surface area contributed by atoms with Crippen LogP contribution in [0.1, 0.15) is 22.3 Å². The highest BCUT2D eigenvalue weighted by atomic mass is 35.5. The Morgan fingerprint density at radius 2 is 1.66 bits per heavy atom. The number of para-hydroxylation sites is 1. The molecule has 8 nitrogen and oxygen atoms in total. The molecule has 0 amide bonds. The molecule has 9 heteroatoms. The highest BCUT2D eigenvalue weighted by Crippen LogP contribution is 2.26. The second-order valence-corrected chi connectivity index (χ2v) is 9.30. The standard InChI is InChI=1S/C26H33ClN4O4/c1-28-23(18-24(32)29(2)26(28)34)31-15-13-30(14-16-31)12-7-17-35-22-11-6-4-9-20(22)25(33)19-8-3-5-10-21(19)27/h3-6,8-11,18,24,26,32,34H,7,12-17H2,1-2H3.